The number of halogens is 1. The first kappa shape index (κ1) is 24.1. The summed E-state index contributed by atoms with van der Waals surface area (Å²) in [5.41, 5.74) is 2.74. The van der Waals surface area contributed by atoms with Crippen molar-refractivity contribution in [3.05, 3.63) is 64.7 Å². The molecule has 170 valence electrons. The first-order valence-electron chi connectivity index (χ1n) is 10.1. The summed E-state index contributed by atoms with van der Waals surface area (Å²) in [6.07, 6.45) is 2.13. The Kier molecular flexibility index (Phi) is 8.58. The third kappa shape index (κ3) is 6.49. The quantitative estimate of drug-likeness (QED) is 0.574. The number of hydrogen-bond acceptors (Lipinski definition) is 6. The summed E-state index contributed by atoms with van der Waals surface area (Å²) >= 11 is 8.16. The van der Waals surface area contributed by atoms with Gasteiger partial charge in [-0.15, -0.1) is 0 Å². The summed E-state index contributed by atoms with van der Waals surface area (Å²) in [6, 6.07) is 13.1. The average Bonchev–Trinajstić information content (AvgIpc) is 2.94. The Balaban J connectivity index is 0.000000312. The molecular weight excluding hydrogens is 452 g/mol. The molecule has 7 nitrogen and oxygen atoms in total. The lowest BCUT2D eigenvalue weighted by atomic mass is 9.96. The van der Waals surface area contributed by atoms with Crippen LogP contribution in [0, 0.1) is 0 Å². The number of carbonyl (C=O) groups is 2. The summed E-state index contributed by atoms with van der Waals surface area (Å²) < 4.78 is 5.42. The SMILES string of the molecule is COc1ccc2c(c1)Sc1ccc(Cl)cc1C(N1CCNCC1)C2.O=C(O)C=CC(=O)O. The maximum atomic E-state index is 9.55. The molecule has 32 heavy (non-hydrogen) atoms. The number of fused-ring (bicyclic) bond motifs is 2. The highest BCUT2D eigenvalue weighted by Gasteiger charge is 2.28. The van der Waals surface area contributed by atoms with Gasteiger partial charge < -0.3 is 20.3 Å². The molecule has 1 unspecified atom stereocenters. The highest BCUT2D eigenvalue weighted by molar-refractivity contribution is 7.99. The molecule has 0 aromatic heterocycles. The van der Waals surface area contributed by atoms with Crippen molar-refractivity contribution in [1.82, 2.24) is 10.2 Å². The number of carboxylic acid groups (broad SMARTS) is 2. The van der Waals surface area contributed by atoms with Crippen molar-refractivity contribution < 1.29 is 24.5 Å². The van der Waals surface area contributed by atoms with E-state index in [9.17, 15) is 9.59 Å². The van der Waals surface area contributed by atoms with E-state index in [0.717, 1.165) is 43.4 Å². The van der Waals surface area contributed by atoms with E-state index in [1.165, 1.54) is 20.9 Å². The van der Waals surface area contributed by atoms with Crippen LogP contribution in [0.4, 0.5) is 0 Å². The topological polar surface area (TPSA) is 99.1 Å². The Bertz CT molecular complexity index is 992. The fourth-order valence-corrected chi connectivity index (χ4v) is 5.02. The molecule has 4 rings (SSSR count). The minimum absolute atomic E-state index is 0.378. The summed E-state index contributed by atoms with van der Waals surface area (Å²) in [4.78, 5) is 24.3. The van der Waals surface area contributed by atoms with Gasteiger partial charge in [0, 0.05) is 59.2 Å². The summed E-state index contributed by atoms with van der Waals surface area (Å²) in [5.74, 6) is -1.60. The number of aliphatic carboxylic acids is 2. The Morgan fingerprint density at radius 1 is 1.09 bits per heavy atom. The van der Waals surface area contributed by atoms with Crippen LogP contribution < -0.4 is 10.1 Å². The lowest BCUT2D eigenvalue weighted by molar-refractivity contribution is -0.134. The number of nitrogens with one attached hydrogen (secondary N) is 1. The van der Waals surface area contributed by atoms with Crippen LogP contribution in [0.15, 0.2) is 58.3 Å². The number of carboxylic acids is 2. The molecule has 0 aliphatic carbocycles. The molecule has 2 aliphatic rings. The predicted molar refractivity (Wildman–Crippen MR) is 124 cm³/mol. The number of rotatable bonds is 4. The van der Waals surface area contributed by atoms with Crippen LogP contribution >= 0.6 is 23.4 Å². The second-order valence-corrected chi connectivity index (χ2v) is 8.79. The van der Waals surface area contributed by atoms with E-state index in [1.807, 2.05) is 17.8 Å². The highest BCUT2D eigenvalue weighted by Crippen LogP contribution is 2.44. The van der Waals surface area contributed by atoms with Gasteiger partial charge in [-0.25, -0.2) is 9.59 Å². The molecule has 2 aromatic carbocycles. The minimum atomic E-state index is -1.26. The summed E-state index contributed by atoms with van der Waals surface area (Å²) in [7, 11) is 1.72. The molecular formula is C23H25ClN2O5S. The van der Waals surface area contributed by atoms with Gasteiger partial charge in [-0.05, 0) is 47.9 Å². The minimum Gasteiger partial charge on any atom is -0.497 e. The van der Waals surface area contributed by atoms with Crippen molar-refractivity contribution in [2.45, 2.75) is 22.3 Å². The van der Waals surface area contributed by atoms with E-state index in [2.05, 4.69) is 40.5 Å². The molecule has 9 heteroatoms. The lowest BCUT2D eigenvalue weighted by Crippen LogP contribution is -2.45. The van der Waals surface area contributed by atoms with Crippen molar-refractivity contribution in [1.29, 1.82) is 0 Å². The zero-order chi connectivity index (χ0) is 23.1. The van der Waals surface area contributed by atoms with E-state index >= 15 is 0 Å². The van der Waals surface area contributed by atoms with Crippen molar-refractivity contribution in [3.63, 3.8) is 0 Å². The molecule has 0 amide bonds. The number of methoxy groups -OCH3 is 1. The first-order chi connectivity index (χ1) is 15.4. The van der Waals surface area contributed by atoms with Crippen molar-refractivity contribution >= 4 is 35.3 Å². The van der Waals surface area contributed by atoms with Crippen molar-refractivity contribution in [2.75, 3.05) is 33.3 Å². The molecule has 2 aromatic rings. The van der Waals surface area contributed by atoms with Gasteiger partial charge in [-0.3, -0.25) is 4.90 Å². The van der Waals surface area contributed by atoms with E-state index in [0.29, 0.717) is 18.2 Å². The van der Waals surface area contributed by atoms with Crippen LogP contribution in [0.5, 0.6) is 5.75 Å². The molecule has 0 bridgehead atoms. The fourth-order valence-electron chi connectivity index (χ4n) is 3.70. The van der Waals surface area contributed by atoms with Crippen LogP contribution in [-0.4, -0.2) is 60.3 Å². The lowest BCUT2D eigenvalue weighted by Gasteiger charge is -2.35. The van der Waals surface area contributed by atoms with Crippen LogP contribution in [0.2, 0.25) is 5.02 Å². The van der Waals surface area contributed by atoms with E-state index in [-0.39, 0.29) is 0 Å². The van der Waals surface area contributed by atoms with Gasteiger partial charge in [0.2, 0.25) is 0 Å². The third-order valence-electron chi connectivity index (χ3n) is 5.20. The van der Waals surface area contributed by atoms with E-state index in [1.54, 1.807) is 7.11 Å². The third-order valence-corrected chi connectivity index (χ3v) is 6.63. The van der Waals surface area contributed by atoms with Crippen molar-refractivity contribution in [2.24, 2.45) is 0 Å². The smallest absolute Gasteiger partial charge is 0.328 e. The number of ether oxygens (including phenoxy) is 1. The van der Waals surface area contributed by atoms with Gasteiger partial charge in [0.05, 0.1) is 7.11 Å². The second-order valence-electron chi connectivity index (χ2n) is 7.27. The number of hydrogen-bond donors (Lipinski definition) is 3. The van der Waals surface area contributed by atoms with Gasteiger partial charge in [0.1, 0.15) is 5.75 Å². The van der Waals surface area contributed by atoms with Gasteiger partial charge in [-0.2, -0.15) is 0 Å². The van der Waals surface area contributed by atoms with E-state index < -0.39 is 11.9 Å². The second kappa shape index (κ2) is 11.4. The predicted octanol–water partition coefficient (Wildman–Crippen LogP) is 3.71. The normalized spacial score (nSPS) is 18.0. The summed E-state index contributed by atoms with van der Waals surface area (Å²) in [5, 5.41) is 19.9. The van der Waals surface area contributed by atoms with Gasteiger partial charge in [0.15, 0.2) is 0 Å². The molecule has 1 saturated heterocycles. The van der Waals surface area contributed by atoms with Crippen LogP contribution in [0.3, 0.4) is 0 Å². The van der Waals surface area contributed by atoms with Gasteiger partial charge in [-0.1, -0.05) is 29.4 Å². The molecule has 1 atom stereocenters. The largest absolute Gasteiger partial charge is 0.497 e. The Labute approximate surface area is 196 Å². The standard InChI is InChI=1S/C19H21ClN2OS.C4H4O4/c1-23-15-4-2-13-10-17(22-8-6-21-7-9-22)16-11-14(20)3-5-18(16)24-19(13)12-15;5-3(6)1-2-4(7)8/h2-5,11-12,17,21H,6-10H2,1H3;1-2H,(H,5,6)(H,7,8). The average molecular weight is 477 g/mol. The van der Waals surface area contributed by atoms with Crippen LogP contribution in [-0.2, 0) is 16.0 Å². The fraction of sp³-hybridized carbons (Fsp3) is 0.304. The number of benzene rings is 2. The zero-order valence-corrected chi connectivity index (χ0v) is 19.2. The van der Waals surface area contributed by atoms with Crippen LogP contribution in [0.1, 0.15) is 17.2 Å². The Morgan fingerprint density at radius 2 is 1.78 bits per heavy atom. The van der Waals surface area contributed by atoms with E-state index in [4.69, 9.17) is 26.6 Å². The Hall–Kier alpha value is -2.52. The van der Waals surface area contributed by atoms with Gasteiger partial charge in [0.25, 0.3) is 0 Å². The van der Waals surface area contributed by atoms with Crippen molar-refractivity contribution in [3.8, 4) is 5.75 Å². The number of nitrogens with zero attached hydrogens (tertiary/aromatic N) is 1. The molecule has 1 fully saturated rings. The molecule has 0 saturated carbocycles. The molecule has 0 radical (unpaired) electrons. The zero-order valence-electron chi connectivity index (χ0n) is 17.6. The maximum Gasteiger partial charge on any atom is 0.328 e. The highest BCUT2D eigenvalue weighted by atomic mass is 35.5. The van der Waals surface area contributed by atoms with Crippen LogP contribution in [0.25, 0.3) is 0 Å². The Morgan fingerprint density at radius 3 is 2.41 bits per heavy atom. The monoisotopic (exact) mass is 476 g/mol. The first-order valence-corrected chi connectivity index (χ1v) is 11.3. The molecule has 2 aliphatic heterocycles. The molecule has 2 heterocycles. The molecule has 3 N–H and O–H groups in total. The molecule has 0 spiro atoms. The maximum absolute atomic E-state index is 9.55. The summed E-state index contributed by atoms with van der Waals surface area (Å²) in [6.45, 7) is 4.25. The number of piperazine rings is 1. The van der Waals surface area contributed by atoms with Gasteiger partial charge >= 0.3 is 11.9 Å².